The predicted octanol–water partition coefficient (Wildman–Crippen LogP) is 5.43. The molecule has 1 N–H and O–H groups in total. The molecule has 0 aromatic heterocycles. The smallest absolute Gasteiger partial charge is 0.307 e. The molecule has 2 atom stereocenters. The van der Waals surface area contributed by atoms with Crippen LogP contribution in [0.5, 0.6) is 0 Å². The highest BCUT2D eigenvalue weighted by Gasteiger charge is 2.29. The number of rotatable bonds is 7. The van der Waals surface area contributed by atoms with Crippen molar-refractivity contribution in [1.29, 1.82) is 0 Å². The lowest BCUT2D eigenvalue weighted by atomic mass is 9.92. The Labute approximate surface area is 183 Å². The summed E-state index contributed by atoms with van der Waals surface area (Å²) in [6.45, 7) is 10.3. The van der Waals surface area contributed by atoms with Crippen molar-refractivity contribution in [2.45, 2.75) is 58.8 Å². The van der Waals surface area contributed by atoms with Gasteiger partial charge in [0.2, 0.25) is 0 Å². The molecule has 0 heterocycles. The van der Waals surface area contributed by atoms with Crippen molar-refractivity contribution in [3.05, 3.63) is 58.4 Å². The van der Waals surface area contributed by atoms with E-state index in [4.69, 9.17) is 4.74 Å². The number of ether oxygens (including phenoxy) is 1. The van der Waals surface area contributed by atoms with Crippen LogP contribution in [-0.4, -0.2) is 21.5 Å². The summed E-state index contributed by atoms with van der Waals surface area (Å²) < 4.78 is 62.9. The lowest BCUT2D eigenvalue weighted by Crippen LogP contribution is -2.37. The predicted molar refractivity (Wildman–Crippen MR) is 116 cm³/mol. The molecule has 0 amide bonds. The molecular formula is C23H28F3NO3S. The van der Waals surface area contributed by atoms with Crippen LogP contribution in [0.2, 0.25) is 0 Å². The Bertz CT molecular complexity index is 979. The second-order valence-electron chi connectivity index (χ2n) is 8.34. The third-order valence-electron chi connectivity index (χ3n) is 4.70. The van der Waals surface area contributed by atoms with E-state index in [9.17, 15) is 22.2 Å². The van der Waals surface area contributed by atoms with E-state index in [0.717, 1.165) is 6.07 Å². The topological polar surface area (TPSA) is 55.4 Å². The van der Waals surface area contributed by atoms with E-state index in [1.165, 1.54) is 18.2 Å². The second-order valence-corrected chi connectivity index (χ2v) is 10.3. The van der Waals surface area contributed by atoms with Crippen LogP contribution in [0.4, 0.5) is 13.2 Å². The van der Waals surface area contributed by atoms with E-state index >= 15 is 0 Å². The van der Waals surface area contributed by atoms with Crippen LogP contribution < -0.4 is 4.72 Å². The van der Waals surface area contributed by atoms with Crippen LogP contribution in [0.25, 0.3) is 11.1 Å². The molecule has 2 aromatic rings. The van der Waals surface area contributed by atoms with Gasteiger partial charge in [-0.25, -0.2) is 22.1 Å². The van der Waals surface area contributed by atoms with E-state index in [1.54, 1.807) is 41.5 Å². The standard InChI is InChI=1S/C23H28F3NO3S/c1-7-30-20(28)12-19(27-31(29)23(4,5)6)17-10-15(11-18(25)22(17)26)21-13(2)8-16(24)9-14(21)3/h8-11,19,27H,7,12H2,1-6H3/t19-,31-/m0/s1. The van der Waals surface area contributed by atoms with Crippen LogP contribution in [0.3, 0.4) is 0 Å². The quantitative estimate of drug-likeness (QED) is 0.566. The van der Waals surface area contributed by atoms with Gasteiger partial charge in [-0.15, -0.1) is 0 Å². The number of hydrogen-bond acceptors (Lipinski definition) is 3. The molecule has 4 nitrogen and oxygen atoms in total. The van der Waals surface area contributed by atoms with E-state index in [2.05, 4.69) is 4.72 Å². The molecule has 0 aliphatic carbocycles. The summed E-state index contributed by atoms with van der Waals surface area (Å²) in [6.07, 6.45) is -0.336. The number of hydrogen-bond donors (Lipinski definition) is 1. The van der Waals surface area contributed by atoms with Gasteiger partial charge in [0.05, 0.1) is 34.8 Å². The fourth-order valence-electron chi connectivity index (χ4n) is 3.28. The molecular weight excluding hydrogens is 427 g/mol. The molecule has 8 heteroatoms. The molecule has 0 spiro atoms. The van der Waals surface area contributed by atoms with Gasteiger partial charge in [0.15, 0.2) is 11.6 Å². The Morgan fingerprint density at radius 3 is 2.19 bits per heavy atom. The highest BCUT2D eigenvalue weighted by atomic mass is 32.2. The molecule has 2 aromatic carbocycles. The fraction of sp³-hybridized carbons (Fsp3) is 0.435. The molecule has 31 heavy (non-hydrogen) atoms. The Morgan fingerprint density at radius 1 is 1.10 bits per heavy atom. The van der Waals surface area contributed by atoms with E-state index in [-0.39, 0.29) is 18.6 Å². The van der Waals surface area contributed by atoms with Crippen LogP contribution in [-0.2, 0) is 20.5 Å². The van der Waals surface area contributed by atoms with Crippen molar-refractivity contribution in [1.82, 2.24) is 4.72 Å². The monoisotopic (exact) mass is 455 g/mol. The van der Waals surface area contributed by atoms with Crippen molar-refractivity contribution in [3.63, 3.8) is 0 Å². The zero-order valence-electron chi connectivity index (χ0n) is 18.6. The van der Waals surface area contributed by atoms with Crippen LogP contribution in [0, 0.1) is 31.3 Å². The molecule has 0 aliphatic heterocycles. The summed E-state index contributed by atoms with van der Waals surface area (Å²) in [4.78, 5) is 12.1. The maximum Gasteiger partial charge on any atom is 0.307 e. The zero-order chi connectivity index (χ0) is 23.5. The molecule has 0 aliphatic rings. The van der Waals surface area contributed by atoms with E-state index < -0.39 is 45.2 Å². The maximum atomic E-state index is 14.9. The fourth-order valence-corrected chi connectivity index (χ4v) is 4.10. The first-order chi connectivity index (χ1) is 14.3. The van der Waals surface area contributed by atoms with Gasteiger partial charge < -0.3 is 4.74 Å². The zero-order valence-corrected chi connectivity index (χ0v) is 19.4. The van der Waals surface area contributed by atoms with Crippen molar-refractivity contribution >= 4 is 17.0 Å². The minimum Gasteiger partial charge on any atom is -0.466 e. The molecule has 2 rings (SSSR count). The summed E-state index contributed by atoms with van der Waals surface area (Å²) in [5, 5.41) is 0. The first-order valence-corrected chi connectivity index (χ1v) is 11.1. The molecule has 170 valence electrons. The van der Waals surface area contributed by atoms with Gasteiger partial charge in [-0.3, -0.25) is 4.79 Å². The Hall–Kier alpha value is -2.19. The van der Waals surface area contributed by atoms with Crippen molar-refractivity contribution in [2.75, 3.05) is 6.61 Å². The van der Waals surface area contributed by atoms with Gasteiger partial charge in [0.1, 0.15) is 5.82 Å². The van der Waals surface area contributed by atoms with Gasteiger partial charge in [0.25, 0.3) is 0 Å². The molecule has 0 saturated carbocycles. The van der Waals surface area contributed by atoms with E-state index in [1.807, 2.05) is 0 Å². The summed E-state index contributed by atoms with van der Waals surface area (Å²) in [6, 6.07) is 3.98. The minimum absolute atomic E-state index is 0.124. The van der Waals surface area contributed by atoms with Crippen LogP contribution >= 0.6 is 0 Å². The van der Waals surface area contributed by atoms with Gasteiger partial charge in [-0.05, 0) is 88.1 Å². The number of carbonyl (C=O) groups excluding carboxylic acids is 1. The van der Waals surface area contributed by atoms with Gasteiger partial charge >= 0.3 is 5.97 Å². The highest BCUT2D eigenvalue weighted by Crippen LogP contribution is 2.34. The minimum atomic E-state index is -1.66. The second kappa shape index (κ2) is 9.96. The lowest BCUT2D eigenvalue weighted by molar-refractivity contribution is -0.143. The summed E-state index contributed by atoms with van der Waals surface area (Å²) in [7, 11) is -1.66. The summed E-state index contributed by atoms with van der Waals surface area (Å²) >= 11 is 0. The van der Waals surface area contributed by atoms with Crippen molar-refractivity contribution in [2.24, 2.45) is 0 Å². The number of carbonyl (C=O) groups is 1. The van der Waals surface area contributed by atoms with E-state index in [0.29, 0.717) is 22.3 Å². The lowest BCUT2D eigenvalue weighted by Gasteiger charge is -2.25. The number of esters is 1. The maximum absolute atomic E-state index is 14.9. The average molecular weight is 456 g/mol. The summed E-state index contributed by atoms with van der Waals surface area (Å²) in [5.41, 5.74) is 1.86. The van der Waals surface area contributed by atoms with Gasteiger partial charge in [0, 0.05) is 5.56 Å². The summed E-state index contributed by atoms with van der Waals surface area (Å²) in [5.74, 6) is -3.32. The van der Waals surface area contributed by atoms with Gasteiger partial charge in [-0.1, -0.05) is 0 Å². The molecule has 0 bridgehead atoms. The third-order valence-corrected chi connectivity index (χ3v) is 6.31. The molecule has 0 saturated heterocycles. The van der Waals surface area contributed by atoms with Crippen LogP contribution in [0.15, 0.2) is 24.3 Å². The normalized spacial score (nSPS) is 13.7. The number of aryl methyl sites for hydroxylation is 2. The van der Waals surface area contributed by atoms with Crippen molar-refractivity contribution < 1.29 is 26.9 Å². The molecule has 0 fully saturated rings. The Kier molecular flexibility index (Phi) is 8.05. The molecule has 0 unspecified atom stereocenters. The highest BCUT2D eigenvalue weighted by molar-refractivity contribution is 7.84. The van der Waals surface area contributed by atoms with Crippen LogP contribution in [0.1, 0.15) is 56.8 Å². The Morgan fingerprint density at radius 2 is 1.68 bits per heavy atom. The Balaban J connectivity index is 2.62. The molecule has 0 radical (unpaired) electrons. The SMILES string of the molecule is CCOC(=O)C[C@H](N[S@@](=O)C(C)(C)C)c1cc(-c2c(C)cc(F)cc2C)cc(F)c1F. The number of benzene rings is 2. The average Bonchev–Trinajstić information content (AvgIpc) is 2.62. The number of halogens is 3. The first-order valence-electron chi connectivity index (χ1n) is 9.94. The first kappa shape index (κ1) is 25.1. The largest absolute Gasteiger partial charge is 0.466 e. The van der Waals surface area contributed by atoms with Crippen molar-refractivity contribution in [3.8, 4) is 11.1 Å². The van der Waals surface area contributed by atoms with Gasteiger partial charge in [-0.2, -0.15) is 0 Å². The number of nitrogens with one attached hydrogen (secondary N) is 1. The third kappa shape index (κ3) is 6.17.